The lowest BCUT2D eigenvalue weighted by Crippen LogP contribution is -2.09. The lowest BCUT2D eigenvalue weighted by molar-refractivity contribution is -0.123. The highest BCUT2D eigenvalue weighted by atomic mass is 16.3. The fraction of sp³-hybridized carbons (Fsp3) is 0.895. The van der Waals surface area contributed by atoms with Gasteiger partial charge < -0.3 is 17.0 Å². The van der Waals surface area contributed by atoms with Crippen LogP contribution in [0, 0.1) is 0 Å². The molecule has 146 valence electrons. The lowest BCUT2D eigenvalue weighted by atomic mass is 10.0. The van der Waals surface area contributed by atoms with E-state index < -0.39 is 0 Å². The van der Waals surface area contributed by atoms with E-state index in [1.165, 1.54) is 89.9 Å². The smallest absolute Gasteiger partial charge is 0.290 e. The van der Waals surface area contributed by atoms with Gasteiger partial charge in [0.25, 0.3) is 6.47 Å². The van der Waals surface area contributed by atoms with Crippen LogP contribution in [0.5, 0.6) is 0 Å². The van der Waals surface area contributed by atoms with E-state index in [4.69, 9.17) is 15.6 Å². The van der Waals surface area contributed by atoms with Crippen LogP contribution in [0.4, 0.5) is 0 Å². The topological polar surface area (TPSA) is 115 Å². The molecule has 6 N–H and O–H groups in total. The molecule has 5 heteroatoms. The van der Waals surface area contributed by atoms with Crippen molar-refractivity contribution in [3.05, 3.63) is 0 Å². The quantitative estimate of drug-likeness (QED) is 0.249. The largest absolute Gasteiger partial charge is 0.483 e. The first-order chi connectivity index (χ1) is 11.2. The number of carbonyl (C=O) groups excluding carboxylic acids is 1. The summed E-state index contributed by atoms with van der Waals surface area (Å²) in [7, 11) is 0. The van der Waals surface area contributed by atoms with Gasteiger partial charge in [0.15, 0.2) is 0 Å². The molecule has 0 saturated heterocycles. The van der Waals surface area contributed by atoms with Crippen molar-refractivity contribution in [2.45, 2.75) is 110 Å². The molecule has 0 unspecified atom stereocenters. The summed E-state index contributed by atoms with van der Waals surface area (Å²) in [5.41, 5.74) is 5.11. The van der Waals surface area contributed by atoms with Crippen molar-refractivity contribution in [2.75, 3.05) is 0 Å². The summed E-state index contributed by atoms with van der Waals surface area (Å²) in [6.45, 7) is 2.03. The Kier molecular flexibility index (Phi) is 30.9. The van der Waals surface area contributed by atoms with Crippen LogP contribution in [-0.2, 0) is 9.59 Å². The standard InChI is InChI=1S/C18H37NO.CH2O2.H3N/c1-2-3-4-5-6-7-8-9-10-11-12-13-14-15-16-17-18(19)20;2-1-3;/h2-17H2,1H3,(H2,19,20);1H,(H,2,3);1H3. The summed E-state index contributed by atoms with van der Waals surface area (Å²) < 4.78 is 0. The van der Waals surface area contributed by atoms with Gasteiger partial charge in [-0.1, -0.05) is 96.8 Å². The summed E-state index contributed by atoms with van der Waals surface area (Å²) in [5, 5.41) is 6.89. The Balaban J connectivity index is -0.00000102. The van der Waals surface area contributed by atoms with Gasteiger partial charge in [-0.25, -0.2) is 0 Å². The Morgan fingerprint density at radius 1 is 0.750 bits per heavy atom. The van der Waals surface area contributed by atoms with Gasteiger partial charge in [0.1, 0.15) is 0 Å². The molecular formula is C19H42N2O3. The maximum atomic E-state index is 10.6. The summed E-state index contributed by atoms with van der Waals surface area (Å²) in [4.78, 5) is 18.9. The molecule has 0 aliphatic rings. The molecule has 1 amide bonds. The normalized spacial score (nSPS) is 9.54. The van der Waals surface area contributed by atoms with Crippen molar-refractivity contribution in [1.82, 2.24) is 6.15 Å². The van der Waals surface area contributed by atoms with Crippen LogP contribution in [-0.4, -0.2) is 17.5 Å². The number of hydrogen-bond donors (Lipinski definition) is 3. The predicted octanol–water partition coefficient (Wildman–Crippen LogP) is 5.60. The first kappa shape index (κ1) is 27.7. The van der Waals surface area contributed by atoms with Crippen molar-refractivity contribution >= 4 is 12.4 Å². The monoisotopic (exact) mass is 346 g/mol. The SMILES string of the molecule is CCCCCCCCCCCCCCCCCC(N)=O.N.O=CO. The molecule has 0 aromatic rings. The third-order valence-electron chi connectivity index (χ3n) is 4.03. The Hall–Kier alpha value is -1.10. The molecule has 0 saturated carbocycles. The number of carboxylic acid groups (broad SMARTS) is 1. The zero-order valence-corrected chi connectivity index (χ0v) is 15.9. The summed E-state index contributed by atoms with van der Waals surface area (Å²) in [5.74, 6) is -0.153. The Morgan fingerprint density at radius 3 is 1.25 bits per heavy atom. The van der Waals surface area contributed by atoms with Crippen LogP contribution in [0.1, 0.15) is 110 Å². The zero-order valence-electron chi connectivity index (χ0n) is 15.9. The van der Waals surface area contributed by atoms with E-state index in [1.807, 2.05) is 0 Å². The van der Waals surface area contributed by atoms with E-state index in [2.05, 4.69) is 6.92 Å². The first-order valence-corrected chi connectivity index (χ1v) is 9.55. The van der Waals surface area contributed by atoms with Crippen LogP contribution in [0.3, 0.4) is 0 Å². The number of primary amides is 1. The number of nitrogens with two attached hydrogens (primary N) is 1. The van der Waals surface area contributed by atoms with E-state index in [9.17, 15) is 4.79 Å². The van der Waals surface area contributed by atoms with Gasteiger partial charge in [-0.3, -0.25) is 9.59 Å². The minimum Gasteiger partial charge on any atom is -0.483 e. The summed E-state index contributed by atoms with van der Waals surface area (Å²) >= 11 is 0. The Labute approximate surface area is 149 Å². The molecule has 5 nitrogen and oxygen atoms in total. The number of carbonyl (C=O) groups is 2. The van der Waals surface area contributed by atoms with Gasteiger partial charge in [0.2, 0.25) is 5.91 Å². The van der Waals surface area contributed by atoms with Gasteiger partial charge in [0.05, 0.1) is 0 Å². The van der Waals surface area contributed by atoms with E-state index in [1.54, 1.807) is 0 Å². The van der Waals surface area contributed by atoms with Gasteiger partial charge in [-0.05, 0) is 6.42 Å². The molecule has 24 heavy (non-hydrogen) atoms. The zero-order chi connectivity index (χ0) is 17.6. The molecule has 0 rings (SSSR count). The van der Waals surface area contributed by atoms with Crippen molar-refractivity contribution in [3.8, 4) is 0 Å². The van der Waals surface area contributed by atoms with E-state index in [0.29, 0.717) is 6.42 Å². The lowest BCUT2D eigenvalue weighted by Gasteiger charge is -2.03. The Morgan fingerprint density at radius 2 is 1.00 bits per heavy atom. The fourth-order valence-electron chi connectivity index (χ4n) is 2.67. The van der Waals surface area contributed by atoms with Crippen molar-refractivity contribution in [3.63, 3.8) is 0 Å². The second-order valence-electron chi connectivity index (χ2n) is 6.27. The average Bonchev–Trinajstić information content (AvgIpc) is 2.51. The van der Waals surface area contributed by atoms with Crippen molar-refractivity contribution in [1.29, 1.82) is 0 Å². The van der Waals surface area contributed by atoms with Crippen LogP contribution in [0.2, 0.25) is 0 Å². The molecule has 0 aromatic heterocycles. The average molecular weight is 347 g/mol. The molecule has 0 fully saturated rings. The second-order valence-corrected chi connectivity index (χ2v) is 6.27. The number of hydrogen-bond acceptors (Lipinski definition) is 3. The van der Waals surface area contributed by atoms with Crippen LogP contribution in [0.25, 0.3) is 0 Å². The first-order valence-electron chi connectivity index (χ1n) is 9.55. The molecule has 0 aliphatic carbocycles. The van der Waals surface area contributed by atoms with Gasteiger partial charge in [-0.2, -0.15) is 0 Å². The molecule has 0 aliphatic heterocycles. The fourth-order valence-corrected chi connectivity index (χ4v) is 2.67. The minimum atomic E-state index is -0.250. The third-order valence-corrected chi connectivity index (χ3v) is 4.03. The highest BCUT2D eigenvalue weighted by molar-refractivity contribution is 5.73. The van der Waals surface area contributed by atoms with Gasteiger partial charge in [0, 0.05) is 6.42 Å². The van der Waals surface area contributed by atoms with Gasteiger partial charge in [-0.15, -0.1) is 0 Å². The minimum absolute atomic E-state index is 0. The Bertz CT molecular complexity index is 249. The summed E-state index contributed by atoms with van der Waals surface area (Å²) in [6.07, 6.45) is 20.9. The van der Waals surface area contributed by atoms with Crippen molar-refractivity contribution in [2.24, 2.45) is 5.73 Å². The van der Waals surface area contributed by atoms with Gasteiger partial charge >= 0.3 is 0 Å². The number of rotatable bonds is 16. The molecule has 0 atom stereocenters. The molecule has 0 spiro atoms. The van der Waals surface area contributed by atoms with E-state index >= 15 is 0 Å². The summed E-state index contributed by atoms with van der Waals surface area (Å²) in [6, 6.07) is 0. The molecule has 0 heterocycles. The second kappa shape index (κ2) is 26.8. The van der Waals surface area contributed by atoms with Crippen molar-refractivity contribution < 1.29 is 14.7 Å². The van der Waals surface area contributed by atoms with Crippen LogP contribution < -0.4 is 11.9 Å². The van der Waals surface area contributed by atoms with E-state index in [-0.39, 0.29) is 18.5 Å². The predicted molar refractivity (Wildman–Crippen MR) is 102 cm³/mol. The number of unbranched alkanes of at least 4 members (excludes halogenated alkanes) is 14. The highest BCUT2D eigenvalue weighted by Crippen LogP contribution is 2.13. The molecule has 0 radical (unpaired) electrons. The maximum Gasteiger partial charge on any atom is 0.290 e. The van der Waals surface area contributed by atoms with E-state index in [0.717, 1.165) is 6.42 Å². The van der Waals surface area contributed by atoms with Crippen LogP contribution >= 0.6 is 0 Å². The van der Waals surface area contributed by atoms with Crippen LogP contribution in [0.15, 0.2) is 0 Å². The number of amides is 1. The highest BCUT2D eigenvalue weighted by Gasteiger charge is 1.96. The third kappa shape index (κ3) is 32.7. The molecular weight excluding hydrogens is 304 g/mol. The molecule has 0 aromatic carbocycles. The molecule has 0 bridgehead atoms. The maximum absolute atomic E-state index is 10.6.